The Labute approximate surface area is 164 Å². The zero-order valence-electron chi connectivity index (χ0n) is 16.5. The van der Waals surface area contributed by atoms with E-state index in [0.717, 1.165) is 5.56 Å². The summed E-state index contributed by atoms with van der Waals surface area (Å²) < 4.78 is 0. The molecule has 0 saturated carbocycles. The highest BCUT2D eigenvalue weighted by molar-refractivity contribution is 5.64. The minimum absolute atomic E-state index is 0.149. The summed E-state index contributed by atoms with van der Waals surface area (Å²) in [5.74, 6) is 0. The molecule has 2 nitrogen and oxygen atoms in total. The van der Waals surface area contributed by atoms with Gasteiger partial charge in [-0.05, 0) is 49.2 Å². The average Bonchev–Trinajstić information content (AvgIpc) is 2.74. The summed E-state index contributed by atoms with van der Waals surface area (Å²) in [7, 11) is 2.08. The second kappa shape index (κ2) is 10.5. The third-order valence-corrected chi connectivity index (χ3v) is 4.67. The van der Waals surface area contributed by atoms with Crippen molar-refractivity contribution in [2.75, 3.05) is 7.05 Å². The number of allylic oxidation sites excluding steroid dienone is 1. The van der Waals surface area contributed by atoms with Crippen molar-refractivity contribution in [3.8, 4) is 11.1 Å². The van der Waals surface area contributed by atoms with Crippen molar-refractivity contribution in [1.29, 1.82) is 0 Å². The lowest BCUT2D eigenvalue weighted by molar-refractivity contribution is 0.190. The predicted molar refractivity (Wildman–Crippen MR) is 117 cm³/mol. The van der Waals surface area contributed by atoms with E-state index in [9.17, 15) is 0 Å². The van der Waals surface area contributed by atoms with E-state index >= 15 is 0 Å². The van der Waals surface area contributed by atoms with Gasteiger partial charge in [0.1, 0.15) is 0 Å². The van der Waals surface area contributed by atoms with Crippen molar-refractivity contribution in [1.82, 2.24) is 4.90 Å². The van der Waals surface area contributed by atoms with Crippen LogP contribution >= 0.6 is 0 Å². The topological polar surface area (TPSA) is 29.3 Å². The van der Waals surface area contributed by atoms with Crippen LogP contribution in [-0.2, 0) is 0 Å². The molecule has 3 aromatic rings. The van der Waals surface area contributed by atoms with Crippen LogP contribution in [0.15, 0.2) is 97.6 Å². The highest BCUT2D eigenvalue weighted by Gasteiger charge is 2.19. The second-order valence-corrected chi connectivity index (χ2v) is 6.60. The zero-order valence-corrected chi connectivity index (χ0v) is 16.5. The first-order valence-corrected chi connectivity index (χ1v) is 9.33. The number of hydrogen-bond donors (Lipinski definition) is 1. The van der Waals surface area contributed by atoms with Crippen LogP contribution in [0.5, 0.6) is 0 Å². The van der Waals surface area contributed by atoms with E-state index in [2.05, 4.69) is 98.2 Å². The molecule has 2 heteroatoms. The Morgan fingerprint density at radius 1 is 0.815 bits per heavy atom. The molecule has 2 atom stereocenters. The molecule has 0 radical (unpaired) electrons. The van der Waals surface area contributed by atoms with Crippen molar-refractivity contribution < 1.29 is 0 Å². The molecule has 0 bridgehead atoms. The highest BCUT2D eigenvalue weighted by atomic mass is 15.2. The summed E-state index contributed by atoms with van der Waals surface area (Å²) in [6.45, 7) is 7.44. The Bertz CT molecular complexity index is 812. The van der Waals surface area contributed by atoms with E-state index in [1.54, 1.807) is 6.08 Å². The van der Waals surface area contributed by atoms with Gasteiger partial charge in [0.05, 0.1) is 6.17 Å². The Kier molecular flexibility index (Phi) is 8.00. The monoisotopic (exact) mass is 358 g/mol. The van der Waals surface area contributed by atoms with Crippen LogP contribution in [0.1, 0.15) is 37.2 Å². The normalized spacial score (nSPS) is 12.6. The molecule has 27 heavy (non-hydrogen) atoms. The fourth-order valence-corrected chi connectivity index (χ4v) is 2.98. The van der Waals surface area contributed by atoms with Crippen LogP contribution in [0.3, 0.4) is 0 Å². The summed E-state index contributed by atoms with van der Waals surface area (Å²) >= 11 is 0. The van der Waals surface area contributed by atoms with Crippen molar-refractivity contribution in [2.24, 2.45) is 5.73 Å². The summed E-state index contributed by atoms with van der Waals surface area (Å²) in [5, 5.41) is 0. The van der Waals surface area contributed by atoms with Crippen LogP contribution < -0.4 is 5.73 Å². The Morgan fingerprint density at radius 3 is 1.89 bits per heavy atom. The highest BCUT2D eigenvalue weighted by Crippen LogP contribution is 2.28. The minimum Gasteiger partial charge on any atom is -0.312 e. The number of benzene rings is 3. The van der Waals surface area contributed by atoms with E-state index < -0.39 is 0 Å². The van der Waals surface area contributed by atoms with Gasteiger partial charge in [0, 0.05) is 6.04 Å². The molecule has 2 N–H and O–H groups in total. The van der Waals surface area contributed by atoms with E-state index in [4.69, 9.17) is 5.73 Å². The lowest BCUT2D eigenvalue weighted by Crippen LogP contribution is -2.33. The van der Waals surface area contributed by atoms with Crippen molar-refractivity contribution >= 4 is 0 Å². The molecular formula is C25H30N2. The van der Waals surface area contributed by atoms with Crippen LogP contribution in [0.25, 0.3) is 11.1 Å². The molecule has 3 aromatic carbocycles. The quantitative estimate of drug-likeness (QED) is 0.435. The van der Waals surface area contributed by atoms with E-state index in [0.29, 0.717) is 0 Å². The van der Waals surface area contributed by atoms with Gasteiger partial charge in [0.25, 0.3) is 0 Å². The van der Waals surface area contributed by atoms with Crippen molar-refractivity contribution in [3.05, 3.63) is 109 Å². The van der Waals surface area contributed by atoms with Gasteiger partial charge in [0.15, 0.2) is 0 Å². The molecule has 2 unspecified atom stereocenters. The maximum Gasteiger partial charge on any atom is 0.0838 e. The molecule has 0 aliphatic rings. The van der Waals surface area contributed by atoms with Crippen LogP contribution in [-0.4, -0.2) is 11.9 Å². The SMILES string of the molecule is C=CC.CC(c1ccccc1)N(C)C(N)c1cccc(-c2ccccc2)c1. The molecule has 0 amide bonds. The van der Waals surface area contributed by atoms with Gasteiger partial charge in [-0.2, -0.15) is 0 Å². The summed E-state index contributed by atoms with van der Waals surface area (Å²) in [5.41, 5.74) is 11.4. The molecule has 0 saturated heterocycles. The third kappa shape index (κ3) is 5.65. The fraction of sp³-hybridized carbons (Fsp3) is 0.200. The molecule has 0 aliphatic heterocycles. The minimum atomic E-state index is -0.149. The maximum absolute atomic E-state index is 6.55. The van der Waals surface area contributed by atoms with Gasteiger partial charge in [-0.15, -0.1) is 6.58 Å². The first kappa shape index (κ1) is 20.6. The molecule has 0 aromatic heterocycles. The van der Waals surface area contributed by atoms with Gasteiger partial charge in [0.2, 0.25) is 0 Å². The molecular weight excluding hydrogens is 328 g/mol. The molecule has 0 fully saturated rings. The maximum atomic E-state index is 6.55. The van der Waals surface area contributed by atoms with E-state index in [-0.39, 0.29) is 12.2 Å². The lowest BCUT2D eigenvalue weighted by Gasteiger charge is -2.31. The van der Waals surface area contributed by atoms with Gasteiger partial charge in [-0.3, -0.25) is 4.90 Å². The lowest BCUT2D eigenvalue weighted by atomic mass is 10.0. The van der Waals surface area contributed by atoms with Crippen LogP contribution in [0, 0.1) is 0 Å². The van der Waals surface area contributed by atoms with Gasteiger partial charge in [-0.25, -0.2) is 0 Å². The molecule has 0 aliphatic carbocycles. The molecule has 140 valence electrons. The summed E-state index contributed by atoms with van der Waals surface area (Å²) in [6, 6.07) is 29.6. The van der Waals surface area contributed by atoms with Crippen molar-refractivity contribution in [2.45, 2.75) is 26.1 Å². The first-order chi connectivity index (χ1) is 13.1. The zero-order chi connectivity index (χ0) is 19.6. The number of rotatable bonds is 5. The second-order valence-electron chi connectivity index (χ2n) is 6.60. The molecule has 3 rings (SSSR count). The third-order valence-electron chi connectivity index (χ3n) is 4.67. The largest absolute Gasteiger partial charge is 0.312 e. The number of nitrogens with zero attached hydrogens (tertiary/aromatic N) is 1. The average molecular weight is 359 g/mol. The summed E-state index contributed by atoms with van der Waals surface area (Å²) in [4.78, 5) is 2.21. The van der Waals surface area contributed by atoms with Gasteiger partial charge >= 0.3 is 0 Å². The first-order valence-electron chi connectivity index (χ1n) is 9.33. The standard InChI is InChI=1S/C22H24N2.C3H6/c1-17(18-10-5-3-6-11-18)24(2)22(23)21-15-9-14-20(16-21)19-12-7-4-8-13-19;1-3-2/h3-17,22H,23H2,1-2H3;3H,1H2,2H3. The predicted octanol–water partition coefficient (Wildman–Crippen LogP) is 6.20. The Hall–Kier alpha value is -2.68. The molecule has 0 heterocycles. The van der Waals surface area contributed by atoms with E-state index in [1.165, 1.54) is 16.7 Å². The van der Waals surface area contributed by atoms with Crippen LogP contribution in [0.2, 0.25) is 0 Å². The van der Waals surface area contributed by atoms with E-state index in [1.807, 2.05) is 19.1 Å². The number of hydrogen-bond acceptors (Lipinski definition) is 2. The summed E-state index contributed by atoms with van der Waals surface area (Å²) in [6.07, 6.45) is 1.60. The Balaban J connectivity index is 0.000000817. The fourth-order valence-electron chi connectivity index (χ4n) is 2.98. The number of nitrogens with two attached hydrogens (primary N) is 1. The molecule has 0 spiro atoms. The van der Waals surface area contributed by atoms with Crippen LogP contribution in [0.4, 0.5) is 0 Å². The Morgan fingerprint density at radius 2 is 1.30 bits per heavy atom. The van der Waals surface area contributed by atoms with Gasteiger partial charge in [-0.1, -0.05) is 84.9 Å². The smallest absolute Gasteiger partial charge is 0.0838 e. The van der Waals surface area contributed by atoms with Crippen molar-refractivity contribution in [3.63, 3.8) is 0 Å². The van der Waals surface area contributed by atoms with Gasteiger partial charge < -0.3 is 5.73 Å².